The number of nitrogens with one attached hydrogen (secondary N) is 1. The van der Waals surface area contributed by atoms with Gasteiger partial charge in [0.1, 0.15) is 0 Å². The van der Waals surface area contributed by atoms with Crippen LogP contribution in [0.25, 0.3) is 10.4 Å². The zero-order valence-corrected chi connectivity index (χ0v) is 10.8. The predicted molar refractivity (Wildman–Crippen MR) is 72.6 cm³/mol. The molecule has 2 aromatic heterocycles. The number of nitrogens with zero attached hydrogens (tertiary/aromatic N) is 4. The maximum Gasteiger partial charge on any atom is 0.261 e. The van der Waals surface area contributed by atoms with Crippen LogP contribution in [0.4, 0.5) is 0 Å². The van der Waals surface area contributed by atoms with Crippen LogP contribution in [0, 0.1) is 0 Å². The maximum atomic E-state index is 11.9. The molecule has 2 rings (SSSR count). The largest absolute Gasteiger partial charge is 0.346 e. The fraction of sp³-hybridized carbons (Fsp3) is 0.167. The molecule has 2 aromatic rings. The molecule has 19 heavy (non-hydrogen) atoms. The maximum absolute atomic E-state index is 11.9. The van der Waals surface area contributed by atoms with Crippen LogP contribution in [-0.4, -0.2) is 10.9 Å². The van der Waals surface area contributed by atoms with Crippen molar-refractivity contribution < 1.29 is 4.79 Å². The van der Waals surface area contributed by atoms with Gasteiger partial charge in [-0.05, 0) is 29.8 Å². The average molecular weight is 273 g/mol. The molecule has 0 spiro atoms. The highest BCUT2D eigenvalue weighted by atomic mass is 32.1. The van der Waals surface area contributed by atoms with Gasteiger partial charge < -0.3 is 5.32 Å². The van der Waals surface area contributed by atoms with Crippen LogP contribution in [-0.2, 0) is 13.1 Å². The fourth-order valence-electron chi connectivity index (χ4n) is 1.45. The minimum Gasteiger partial charge on any atom is -0.346 e. The normalized spacial score (nSPS) is 9.68. The molecule has 6 nitrogen and oxygen atoms in total. The number of pyridine rings is 1. The monoisotopic (exact) mass is 273 g/mol. The summed E-state index contributed by atoms with van der Waals surface area (Å²) in [6, 6.07) is 9.06. The topological polar surface area (TPSA) is 90.8 Å². The number of carbonyl (C=O) groups is 1. The van der Waals surface area contributed by atoms with Crippen LogP contribution < -0.4 is 5.32 Å². The second-order valence-corrected chi connectivity index (χ2v) is 4.83. The van der Waals surface area contributed by atoms with Crippen LogP contribution in [0.15, 0.2) is 41.6 Å². The summed E-state index contributed by atoms with van der Waals surface area (Å²) in [5.41, 5.74) is 9.04. The van der Waals surface area contributed by atoms with Gasteiger partial charge in [-0.25, -0.2) is 0 Å². The van der Waals surface area contributed by atoms with E-state index in [1.165, 1.54) is 11.3 Å². The van der Waals surface area contributed by atoms with Crippen LogP contribution in [0.3, 0.4) is 0 Å². The van der Waals surface area contributed by atoms with E-state index < -0.39 is 0 Å². The Hall–Kier alpha value is -2.37. The van der Waals surface area contributed by atoms with E-state index in [0.717, 1.165) is 10.6 Å². The van der Waals surface area contributed by atoms with Crippen molar-refractivity contribution in [3.63, 3.8) is 0 Å². The average Bonchev–Trinajstić information content (AvgIpc) is 2.92. The second kappa shape index (κ2) is 6.53. The van der Waals surface area contributed by atoms with Gasteiger partial charge in [0.15, 0.2) is 0 Å². The molecule has 1 N–H and O–H groups in total. The summed E-state index contributed by atoms with van der Waals surface area (Å²) in [6.45, 7) is 0.665. The van der Waals surface area contributed by atoms with Gasteiger partial charge in [0.05, 0.1) is 23.7 Å². The van der Waals surface area contributed by atoms with E-state index in [1.807, 2.05) is 18.2 Å². The minimum absolute atomic E-state index is 0.150. The number of aromatic nitrogens is 1. The summed E-state index contributed by atoms with van der Waals surface area (Å²) in [4.78, 5) is 20.1. The first-order chi connectivity index (χ1) is 9.29. The number of hydrogen-bond donors (Lipinski definition) is 1. The Bertz CT molecular complexity index is 604. The van der Waals surface area contributed by atoms with Gasteiger partial charge in [0.2, 0.25) is 0 Å². The molecule has 7 heteroatoms. The van der Waals surface area contributed by atoms with E-state index in [-0.39, 0.29) is 12.5 Å². The summed E-state index contributed by atoms with van der Waals surface area (Å²) >= 11 is 1.32. The van der Waals surface area contributed by atoms with Crippen molar-refractivity contribution in [3.8, 4) is 0 Å². The fourth-order valence-corrected chi connectivity index (χ4v) is 2.29. The van der Waals surface area contributed by atoms with Crippen molar-refractivity contribution >= 4 is 17.2 Å². The number of amides is 1. The number of hydrogen-bond acceptors (Lipinski definition) is 4. The molecule has 0 aromatic carbocycles. The van der Waals surface area contributed by atoms with E-state index in [4.69, 9.17) is 5.53 Å². The van der Waals surface area contributed by atoms with E-state index in [9.17, 15) is 4.79 Å². The molecule has 0 radical (unpaired) electrons. The lowest BCUT2D eigenvalue weighted by Crippen LogP contribution is -2.22. The van der Waals surface area contributed by atoms with E-state index in [0.29, 0.717) is 11.4 Å². The van der Waals surface area contributed by atoms with Crippen molar-refractivity contribution in [2.24, 2.45) is 5.11 Å². The van der Waals surface area contributed by atoms with Crippen molar-refractivity contribution in [2.45, 2.75) is 13.1 Å². The van der Waals surface area contributed by atoms with Crippen LogP contribution >= 0.6 is 11.3 Å². The Balaban J connectivity index is 1.92. The number of azide groups is 1. The van der Waals surface area contributed by atoms with E-state index in [1.54, 1.807) is 18.3 Å². The number of carbonyl (C=O) groups excluding carboxylic acids is 1. The molecule has 0 aliphatic carbocycles. The quantitative estimate of drug-likeness (QED) is 0.515. The molecule has 0 aliphatic heterocycles. The Morgan fingerprint density at radius 1 is 1.42 bits per heavy atom. The first-order valence-corrected chi connectivity index (χ1v) is 6.39. The molecular weight excluding hydrogens is 262 g/mol. The third-order valence-electron chi connectivity index (χ3n) is 2.33. The van der Waals surface area contributed by atoms with Gasteiger partial charge in [-0.3, -0.25) is 9.78 Å². The molecule has 0 bridgehead atoms. The van der Waals surface area contributed by atoms with Gasteiger partial charge in [-0.2, -0.15) is 0 Å². The first-order valence-electron chi connectivity index (χ1n) is 5.57. The molecule has 1 amide bonds. The first kappa shape index (κ1) is 13.1. The highest BCUT2D eigenvalue weighted by Gasteiger charge is 2.08. The van der Waals surface area contributed by atoms with Crippen molar-refractivity contribution in [2.75, 3.05) is 0 Å². The molecule has 96 valence electrons. The standard InChI is InChI=1S/C12H11N5OS/c13-17-16-8-10-4-5-11(19-10)12(18)15-7-9-3-1-2-6-14-9/h1-6H,7-8H2,(H,15,18). The van der Waals surface area contributed by atoms with E-state index >= 15 is 0 Å². The van der Waals surface area contributed by atoms with Gasteiger partial charge >= 0.3 is 0 Å². The number of rotatable bonds is 5. The zero-order valence-electron chi connectivity index (χ0n) is 9.98. The smallest absolute Gasteiger partial charge is 0.261 e. The van der Waals surface area contributed by atoms with Crippen molar-refractivity contribution in [1.29, 1.82) is 0 Å². The number of thiophene rings is 1. The Labute approximate surface area is 113 Å². The van der Waals surface area contributed by atoms with Crippen molar-refractivity contribution in [3.05, 3.63) is 62.4 Å². The third kappa shape index (κ3) is 3.80. The summed E-state index contributed by atoms with van der Waals surface area (Å²) < 4.78 is 0. The summed E-state index contributed by atoms with van der Waals surface area (Å²) in [7, 11) is 0. The lowest BCUT2D eigenvalue weighted by atomic mass is 10.3. The molecule has 0 unspecified atom stereocenters. The molecular formula is C12H11N5OS. The highest BCUT2D eigenvalue weighted by molar-refractivity contribution is 7.14. The van der Waals surface area contributed by atoms with Crippen LogP contribution in [0.1, 0.15) is 20.2 Å². The molecule has 2 heterocycles. The molecule has 0 atom stereocenters. The highest BCUT2D eigenvalue weighted by Crippen LogP contribution is 2.17. The predicted octanol–water partition coefficient (Wildman–Crippen LogP) is 2.88. The van der Waals surface area contributed by atoms with E-state index in [2.05, 4.69) is 20.3 Å². The Morgan fingerprint density at radius 3 is 3.05 bits per heavy atom. The van der Waals surface area contributed by atoms with Gasteiger partial charge in [-0.15, -0.1) is 11.3 Å². The summed E-state index contributed by atoms with van der Waals surface area (Å²) in [6.07, 6.45) is 1.69. The van der Waals surface area contributed by atoms with Crippen LogP contribution in [0.2, 0.25) is 0 Å². The second-order valence-electron chi connectivity index (χ2n) is 3.66. The van der Waals surface area contributed by atoms with Gasteiger partial charge in [0, 0.05) is 16.0 Å². The lowest BCUT2D eigenvalue weighted by molar-refractivity contribution is 0.0954. The van der Waals surface area contributed by atoms with Gasteiger partial charge in [0.25, 0.3) is 5.91 Å². The molecule has 0 aliphatic rings. The van der Waals surface area contributed by atoms with Gasteiger partial charge in [-0.1, -0.05) is 11.2 Å². The minimum atomic E-state index is -0.150. The molecule has 0 saturated heterocycles. The summed E-state index contributed by atoms with van der Waals surface area (Å²) in [5.74, 6) is -0.150. The Kier molecular flexibility index (Phi) is 4.49. The molecule has 0 saturated carbocycles. The SMILES string of the molecule is [N-]=[N+]=NCc1ccc(C(=O)NCc2ccccn2)s1. The third-order valence-corrected chi connectivity index (χ3v) is 3.40. The van der Waals surface area contributed by atoms with Crippen LogP contribution in [0.5, 0.6) is 0 Å². The lowest BCUT2D eigenvalue weighted by Gasteiger charge is -2.02. The Morgan fingerprint density at radius 2 is 2.32 bits per heavy atom. The zero-order chi connectivity index (χ0) is 13.5. The summed E-state index contributed by atoms with van der Waals surface area (Å²) in [5, 5.41) is 6.25. The molecule has 0 fully saturated rings. The van der Waals surface area contributed by atoms with Crippen molar-refractivity contribution in [1.82, 2.24) is 10.3 Å².